The van der Waals surface area contributed by atoms with Gasteiger partial charge in [0.1, 0.15) is 5.75 Å². The number of ketones is 1. The van der Waals surface area contributed by atoms with Gasteiger partial charge in [-0.15, -0.1) is 0 Å². The maximum atomic E-state index is 14.0. The molecule has 234 valence electrons. The molecule has 1 aliphatic carbocycles. The van der Waals surface area contributed by atoms with E-state index in [2.05, 4.69) is 79.4 Å². The number of anilines is 2. The van der Waals surface area contributed by atoms with E-state index in [0.29, 0.717) is 19.4 Å². The second kappa shape index (κ2) is 11.8. The summed E-state index contributed by atoms with van der Waals surface area (Å²) in [6.45, 7) is 11.5. The van der Waals surface area contributed by atoms with Crippen molar-refractivity contribution in [1.29, 1.82) is 0 Å². The Hall–Kier alpha value is -4.52. The Bertz CT molecular complexity index is 1770. The highest BCUT2D eigenvalue weighted by molar-refractivity contribution is 6.02. The van der Waals surface area contributed by atoms with Gasteiger partial charge in [0.25, 0.3) is 0 Å². The number of amides is 1. The van der Waals surface area contributed by atoms with Crippen molar-refractivity contribution >= 4 is 34.0 Å². The fourth-order valence-electron chi connectivity index (χ4n) is 6.78. The van der Waals surface area contributed by atoms with Gasteiger partial charge >= 0.3 is 0 Å². The van der Waals surface area contributed by atoms with Crippen molar-refractivity contribution in [2.45, 2.75) is 65.3 Å². The van der Waals surface area contributed by atoms with Crippen LogP contribution in [0.3, 0.4) is 0 Å². The third-order valence-corrected chi connectivity index (χ3v) is 9.10. The average Bonchev–Trinajstić information content (AvgIpc) is 3.33. The van der Waals surface area contributed by atoms with E-state index in [0.717, 1.165) is 56.8 Å². The molecule has 45 heavy (non-hydrogen) atoms. The fourth-order valence-corrected chi connectivity index (χ4v) is 6.78. The zero-order valence-corrected chi connectivity index (χ0v) is 27.2. The second-order valence-electron chi connectivity index (χ2n) is 14.2. The standard InChI is InChI=1S/C38H44N4O3/c1-37(2,3)26-13-11-24(12-14-26)36-35-31(20-38(4,5)21-33(35)43)41-30-9-7-8-10-32(30)42(36)23-34(44)39-18-17-25-22-40-29-16-15-27(45-6)19-28(25)29/h7-16,19,22,36,40-41H,17-18,20-21,23H2,1-6H3,(H,39,44). The molecule has 0 radical (unpaired) electrons. The van der Waals surface area contributed by atoms with Crippen LogP contribution >= 0.6 is 0 Å². The molecule has 1 unspecified atom stereocenters. The van der Waals surface area contributed by atoms with Gasteiger partial charge in [-0.25, -0.2) is 0 Å². The van der Waals surface area contributed by atoms with Crippen molar-refractivity contribution < 1.29 is 14.3 Å². The molecule has 0 bridgehead atoms. The van der Waals surface area contributed by atoms with Gasteiger partial charge in [-0.2, -0.15) is 0 Å². The summed E-state index contributed by atoms with van der Waals surface area (Å²) in [4.78, 5) is 33.2. The number of Topliss-reactive ketones (excluding diaryl/α,β-unsaturated/α-hetero) is 1. The Balaban J connectivity index is 1.33. The number of benzene rings is 3. The first-order valence-corrected chi connectivity index (χ1v) is 15.8. The number of allylic oxidation sites excluding steroid dienone is 1. The Morgan fingerprint density at radius 3 is 2.53 bits per heavy atom. The summed E-state index contributed by atoms with van der Waals surface area (Å²) in [6.07, 6.45) is 3.90. The molecule has 1 aromatic heterocycles. The average molecular weight is 605 g/mol. The van der Waals surface area contributed by atoms with Gasteiger partial charge in [-0.1, -0.05) is 71.0 Å². The molecule has 6 rings (SSSR count). The molecule has 1 aliphatic heterocycles. The molecule has 0 saturated carbocycles. The van der Waals surface area contributed by atoms with Crippen LogP contribution in [0.2, 0.25) is 0 Å². The summed E-state index contributed by atoms with van der Waals surface area (Å²) in [5.41, 5.74) is 7.75. The number of rotatable bonds is 7. The van der Waals surface area contributed by atoms with E-state index in [9.17, 15) is 9.59 Å². The number of methoxy groups -OCH3 is 1. The zero-order chi connectivity index (χ0) is 31.9. The molecular weight excluding hydrogens is 560 g/mol. The smallest absolute Gasteiger partial charge is 0.239 e. The van der Waals surface area contributed by atoms with Gasteiger partial charge in [-0.05, 0) is 70.7 Å². The molecule has 1 amide bonds. The minimum Gasteiger partial charge on any atom is -0.497 e. The number of para-hydroxylation sites is 2. The topological polar surface area (TPSA) is 86.5 Å². The zero-order valence-electron chi connectivity index (χ0n) is 27.2. The number of nitrogens with zero attached hydrogens (tertiary/aromatic N) is 1. The van der Waals surface area contributed by atoms with Gasteiger partial charge in [0.15, 0.2) is 5.78 Å². The molecule has 2 aliphatic rings. The molecule has 2 heterocycles. The van der Waals surface area contributed by atoms with Crippen LogP contribution in [0.1, 0.15) is 70.2 Å². The number of nitrogens with one attached hydrogen (secondary N) is 3. The summed E-state index contributed by atoms with van der Waals surface area (Å²) in [5, 5.41) is 7.90. The van der Waals surface area contributed by atoms with E-state index < -0.39 is 6.04 Å². The Kier molecular flexibility index (Phi) is 7.98. The van der Waals surface area contributed by atoms with Crippen molar-refractivity contribution in [3.8, 4) is 5.75 Å². The molecule has 0 saturated heterocycles. The lowest BCUT2D eigenvalue weighted by atomic mass is 9.73. The monoisotopic (exact) mass is 604 g/mol. The van der Waals surface area contributed by atoms with Gasteiger partial charge in [0.05, 0.1) is 31.1 Å². The van der Waals surface area contributed by atoms with Crippen LogP contribution in [0.4, 0.5) is 11.4 Å². The first kappa shape index (κ1) is 30.5. The van der Waals surface area contributed by atoms with E-state index in [4.69, 9.17) is 4.74 Å². The number of fused-ring (bicyclic) bond motifs is 2. The highest BCUT2D eigenvalue weighted by Crippen LogP contribution is 2.48. The van der Waals surface area contributed by atoms with Crippen LogP contribution < -0.4 is 20.3 Å². The van der Waals surface area contributed by atoms with Crippen molar-refractivity contribution in [2.24, 2.45) is 5.41 Å². The molecule has 3 aromatic carbocycles. The number of carbonyl (C=O) groups excluding carboxylic acids is 2. The molecule has 3 N–H and O–H groups in total. The summed E-state index contributed by atoms with van der Waals surface area (Å²) in [7, 11) is 1.66. The third kappa shape index (κ3) is 6.21. The Labute approximate surface area is 266 Å². The summed E-state index contributed by atoms with van der Waals surface area (Å²) in [6, 6.07) is 22.2. The Morgan fingerprint density at radius 2 is 1.80 bits per heavy atom. The quantitative estimate of drug-likeness (QED) is 0.204. The summed E-state index contributed by atoms with van der Waals surface area (Å²) in [5.74, 6) is 0.842. The molecule has 7 nitrogen and oxygen atoms in total. The Morgan fingerprint density at radius 1 is 1.04 bits per heavy atom. The van der Waals surface area contributed by atoms with E-state index >= 15 is 0 Å². The summed E-state index contributed by atoms with van der Waals surface area (Å²) >= 11 is 0. The number of H-pyrrole nitrogens is 1. The van der Waals surface area contributed by atoms with Gasteiger partial charge in [-0.3, -0.25) is 9.59 Å². The highest BCUT2D eigenvalue weighted by atomic mass is 16.5. The minimum absolute atomic E-state index is 0.000740. The minimum atomic E-state index is -0.402. The fraction of sp³-hybridized carbons (Fsp3) is 0.368. The SMILES string of the molecule is COc1ccc2[nH]cc(CCNC(=O)CN3c4ccccc4NC4=C(C(=O)CC(C)(C)C4)C3c3ccc(C(C)(C)C)cc3)c2c1. The van der Waals surface area contributed by atoms with Crippen LogP contribution in [0, 0.1) is 5.41 Å². The van der Waals surface area contributed by atoms with Crippen molar-refractivity contribution in [3.05, 3.63) is 101 Å². The predicted octanol–water partition coefficient (Wildman–Crippen LogP) is 7.45. The lowest BCUT2D eigenvalue weighted by molar-refractivity contribution is -0.120. The lowest BCUT2D eigenvalue weighted by Gasteiger charge is -2.38. The third-order valence-electron chi connectivity index (χ3n) is 9.10. The van der Waals surface area contributed by atoms with E-state index in [1.165, 1.54) is 5.56 Å². The van der Waals surface area contributed by atoms with Crippen molar-refractivity contribution in [3.63, 3.8) is 0 Å². The first-order chi connectivity index (χ1) is 21.4. The van der Waals surface area contributed by atoms with E-state index in [-0.39, 0.29) is 29.1 Å². The number of aromatic nitrogens is 1. The number of ether oxygens (including phenoxy) is 1. The molecule has 7 heteroatoms. The maximum absolute atomic E-state index is 14.0. The van der Waals surface area contributed by atoms with Crippen molar-refractivity contribution in [1.82, 2.24) is 10.3 Å². The molecule has 4 aromatic rings. The van der Waals surface area contributed by atoms with E-state index in [1.54, 1.807) is 7.11 Å². The largest absolute Gasteiger partial charge is 0.497 e. The van der Waals surface area contributed by atoms with Crippen LogP contribution in [-0.2, 0) is 21.4 Å². The van der Waals surface area contributed by atoms with Crippen LogP contribution in [-0.4, -0.2) is 36.9 Å². The van der Waals surface area contributed by atoms with Crippen LogP contribution in [0.15, 0.2) is 84.2 Å². The number of aromatic amines is 1. The lowest BCUT2D eigenvalue weighted by Crippen LogP contribution is -2.42. The molecule has 0 fully saturated rings. The molecule has 0 spiro atoms. The first-order valence-electron chi connectivity index (χ1n) is 15.8. The highest BCUT2D eigenvalue weighted by Gasteiger charge is 2.42. The number of hydrogen-bond acceptors (Lipinski definition) is 5. The number of hydrogen-bond donors (Lipinski definition) is 3. The van der Waals surface area contributed by atoms with E-state index in [1.807, 2.05) is 48.7 Å². The van der Waals surface area contributed by atoms with Gasteiger partial charge in [0, 0.05) is 41.3 Å². The van der Waals surface area contributed by atoms with Gasteiger partial charge < -0.3 is 25.3 Å². The maximum Gasteiger partial charge on any atom is 0.239 e. The molecular formula is C38H44N4O3. The van der Waals surface area contributed by atoms with Crippen LogP contribution in [0.5, 0.6) is 5.75 Å². The molecule has 1 atom stereocenters. The summed E-state index contributed by atoms with van der Waals surface area (Å²) < 4.78 is 5.42. The normalized spacial score (nSPS) is 17.8. The number of carbonyl (C=O) groups is 2. The second-order valence-corrected chi connectivity index (χ2v) is 14.2. The van der Waals surface area contributed by atoms with Crippen molar-refractivity contribution in [2.75, 3.05) is 30.4 Å². The van der Waals surface area contributed by atoms with Crippen LogP contribution in [0.25, 0.3) is 10.9 Å². The van der Waals surface area contributed by atoms with Gasteiger partial charge in [0.2, 0.25) is 5.91 Å². The predicted molar refractivity (Wildman–Crippen MR) is 182 cm³/mol.